The highest BCUT2D eigenvalue weighted by atomic mass is 16.4. The molecule has 6 nitrogen and oxygen atoms in total. The Bertz CT molecular complexity index is 383. The smallest absolute Gasteiger partial charge is 0.327 e. The molecule has 6 heteroatoms. The number of carboxylic acids is 1. The second-order valence-electron chi connectivity index (χ2n) is 4.91. The van der Waals surface area contributed by atoms with E-state index in [1.54, 1.807) is 6.20 Å². The summed E-state index contributed by atoms with van der Waals surface area (Å²) in [7, 11) is 0. The lowest BCUT2D eigenvalue weighted by atomic mass is 10.1. The van der Waals surface area contributed by atoms with Gasteiger partial charge in [-0.1, -0.05) is 0 Å². The molecule has 100 valence electrons. The molecule has 0 aromatic carbocycles. The molecule has 0 bridgehead atoms. The van der Waals surface area contributed by atoms with Crippen molar-refractivity contribution in [3.05, 3.63) is 18.2 Å². The van der Waals surface area contributed by atoms with Gasteiger partial charge in [0.05, 0.1) is 18.2 Å². The monoisotopic (exact) mass is 252 g/mol. The summed E-state index contributed by atoms with van der Waals surface area (Å²) in [4.78, 5) is 22.6. The van der Waals surface area contributed by atoms with Gasteiger partial charge < -0.3 is 10.1 Å². The van der Waals surface area contributed by atoms with E-state index in [4.69, 9.17) is 0 Å². The van der Waals surface area contributed by atoms with Gasteiger partial charge in [-0.15, -0.1) is 0 Å². The maximum Gasteiger partial charge on any atom is 0.327 e. The zero-order valence-electron chi connectivity index (χ0n) is 10.8. The van der Waals surface area contributed by atoms with Crippen molar-refractivity contribution in [1.82, 2.24) is 19.8 Å². The van der Waals surface area contributed by atoms with Crippen LogP contribution in [-0.2, 0) is 4.79 Å². The molecule has 18 heavy (non-hydrogen) atoms. The first-order chi connectivity index (χ1) is 8.59. The van der Waals surface area contributed by atoms with Crippen LogP contribution < -0.4 is 0 Å². The number of nitrogens with zero attached hydrogens (tertiary/aromatic N) is 3. The van der Waals surface area contributed by atoms with Gasteiger partial charge in [0.25, 0.3) is 0 Å². The molecule has 1 saturated heterocycles. The number of rotatable bonds is 4. The molecular weight excluding hydrogens is 232 g/mol. The van der Waals surface area contributed by atoms with Gasteiger partial charge in [-0.3, -0.25) is 14.6 Å². The summed E-state index contributed by atoms with van der Waals surface area (Å²) in [6.45, 7) is 7.70. The first-order valence-electron chi connectivity index (χ1n) is 6.28. The molecule has 0 aliphatic carbocycles. The molecule has 1 aliphatic heterocycles. The van der Waals surface area contributed by atoms with E-state index >= 15 is 0 Å². The molecule has 1 aromatic rings. The lowest BCUT2D eigenvalue weighted by molar-refractivity contribution is -0.144. The second-order valence-corrected chi connectivity index (χ2v) is 4.91. The average molecular weight is 252 g/mol. The summed E-state index contributed by atoms with van der Waals surface area (Å²) < 4.78 is 0. The fraction of sp³-hybridized carbons (Fsp3) is 0.667. The Morgan fingerprint density at radius 1 is 1.33 bits per heavy atom. The summed E-state index contributed by atoms with van der Waals surface area (Å²) >= 11 is 0. The van der Waals surface area contributed by atoms with Crippen LogP contribution in [0.3, 0.4) is 0 Å². The number of imidazole rings is 1. The highest BCUT2D eigenvalue weighted by Gasteiger charge is 2.31. The number of hydrogen-bond donors (Lipinski definition) is 2. The van der Waals surface area contributed by atoms with Gasteiger partial charge in [0.2, 0.25) is 0 Å². The zero-order valence-corrected chi connectivity index (χ0v) is 10.8. The van der Waals surface area contributed by atoms with Gasteiger partial charge in [-0.2, -0.15) is 0 Å². The van der Waals surface area contributed by atoms with Crippen LogP contribution in [0, 0.1) is 0 Å². The maximum absolute atomic E-state index is 11.4. The molecule has 1 aliphatic rings. The first-order valence-corrected chi connectivity index (χ1v) is 6.28. The molecule has 2 heterocycles. The molecule has 0 radical (unpaired) electrons. The number of piperazine rings is 1. The van der Waals surface area contributed by atoms with Crippen molar-refractivity contribution in [3.63, 3.8) is 0 Å². The van der Waals surface area contributed by atoms with E-state index in [1.165, 1.54) is 6.33 Å². The predicted octanol–water partition coefficient (Wildman–Crippen LogP) is 0.561. The first kappa shape index (κ1) is 13.0. The molecule has 0 amide bonds. The number of H-pyrrole nitrogens is 1. The SMILES string of the molecule is CC(C)N1CCN(C(C(=O)O)c2cnc[nH]2)CC1. The predicted molar refractivity (Wildman–Crippen MR) is 67.2 cm³/mol. The van der Waals surface area contributed by atoms with Gasteiger partial charge in [-0.05, 0) is 13.8 Å². The fourth-order valence-electron chi connectivity index (χ4n) is 2.41. The highest BCUT2D eigenvalue weighted by molar-refractivity contribution is 5.74. The van der Waals surface area contributed by atoms with E-state index in [-0.39, 0.29) is 0 Å². The number of aromatic amines is 1. The lowest BCUT2D eigenvalue weighted by Crippen LogP contribution is -2.51. The van der Waals surface area contributed by atoms with E-state index in [0.29, 0.717) is 11.7 Å². The summed E-state index contributed by atoms with van der Waals surface area (Å²) in [6, 6.07) is -0.0932. The number of carbonyl (C=O) groups is 1. The minimum atomic E-state index is -0.822. The third-order valence-corrected chi connectivity index (χ3v) is 3.49. The van der Waals surface area contributed by atoms with Crippen molar-refractivity contribution in [2.45, 2.75) is 25.9 Å². The van der Waals surface area contributed by atoms with Crippen molar-refractivity contribution in [2.24, 2.45) is 0 Å². The third kappa shape index (κ3) is 2.70. The second kappa shape index (κ2) is 5.49. The molecule has 2 rings (SSSR count). The summed E-state index contributed by atoms with van der Waals surface area (Å²) in [5.74, 6) is -0.822. The van der Waals surface area contributed by atoms with Crippen LogP contribution in [0.25, 0.3) is 0 Å². The molecule has 1 aromatic heterocycles. The van der Waals surface area contributed by atoms with Gasteiger partial charge in [0.15, 0.2) is 6.04 Å². The van der Waals surface area contributed by atoms with Gasteiger partial charge in [-0.25, -0.2) is 4.98 Å². The molecular formula is C12H20N4O2. The van der Waals surface area contributed by atoms with Crippen molar-refractivity contribution >= 4 is 5.97 Å². The Kier molecular flexibility index (Phi) is 3.98. The van der Waals surface area contributed by atoms with Crippen LogP contribution in [0.2, 0.25) is 0 Å². The van der Waals surface area contributed by atoms with E-state index < -0.39 is 12.0 Å². The van der Waals surface area contributed by atoms with Crippen molar-refractivity contribution in [2.75, 3.05) is 26.2 Å². The van der Waals surface area contributed by atoms with E-state index in [2.05, 4.69) is 28.7 Å². The van der Waals surface area contributed by atoms with Crippen LogP contribution in [-0.4, -0.2) is 63.1 Å². The molecule has 0 spiro atoms. The Morgan fingerprint density at radius 2 is 1.94 bits per heavy atom. The Morgan fingerprint density at radius 3 is 2.39 bits per heavy atom. The molecule has 0 saturated carbocycles. The van der Waals surface area contributed by atoms with Gasteiger partial charge in [0, 0.05) is 32.2 Å². The number of carboxylic acid groups (broad SMARTS) is 1. The van der Waals surface area contributed by atoms with Crippen LogP contribution in [0.4, 0.5) is 0 Å². The summed E-state index contributed by atoms with van der Waals surface area (Å²) in [6.07, 6.45) is 3.11. The quantitative estimate of drug-likeness (QED) is 0.819. The highest BCUT2D eigenvalue weighted by Crippen LogP contribution is 2.21. The number of hydrogen-bond acceptors (Lipinski definition) is 4. The lowest BCUT2D eigenvalue weighted by Gasteiger charge is -2.39. The van der Waals surface area contributed by atoms with Gasteiger partial charge in [0.1, 0.15) is 0 Å². The Hall–Kier alpha value is -1.40. The minimum Gasteiger partial charge on any atom is -0.480 e. The van der Waals surface area contributed by atoms with E-state index in [9.17, 15) is 9.90 Å². The maximum atomic E-state index is 11.4. The average Bonchev–Trinajstić information content (AvgIpc) is 2.83. The topological polar surface area (TPSA) is 72.5 Å². The summed E-state index contributed by atoms with van der Waals surface area (Å²) in [5, 5.41) is 9.37. The normalized spacial score (nSPS) is 20.2. The minimum absolute atomic E-state index is 0.516. The number of nitrogens with one attached hydrogen (secondary N) is 1. The third-order valence-electron chi connectivity index (χ3n) is 3.49. The number of aliphatic carboxylic acids is 1. The van der Waals surface area contributed by atoms with Gasteiger partial charge >= 0.3 is 5.97 Å². The summed E-state index contributed by atoms with van der Waals surface area (Å²) in [5.41, 5.74) is 0.653. The van der Waals surface area contributed by atoms with Crippen molar-refractivity contribution < 1.29 is 9.90 Å². The van der Waals surface area contributed by atoms with Crippen LogP contribution in [0.15, 0.2) is 12.5 Å². The Balaban J connectivity index is 2.04. The molecule has 2 N–H and O–H groups in total. The van der Waals surface area contributed by atoms with Crippen molar-refractivity contribution in [3.8, 4) is 0 Å². The van der Waals surface area contributed by atoms with Crippen molar-refractivity contribution in [1.29, 1.82) is 0 Å². The largest absolute Gasteiger partial charge is 0.480 e. The van der Waals surface area contributed by atoms with Crippen LogP contribution >= 0.6 is 0 Å². The Labute approximate surface area is 107 Å². The molecule has 1 unspecified atom stereocenters. The number of aromatic nitrogens is 2. The molecule has 1 fully saturated rings. The van der Waals surface area contributed by atoms with E-state index in [0.717, 1.165) is 26.2 Å². The standard InChI is InChI=1S/C12H20N4O2/c1-9(2)15-3-5-16(6-4-15)11(12(17)18)10-7-13-8-14-10/h7-9,11H,3-6H2,1-2H3,(H,13,14)(H,17,18). The fourth-order valence-corrected chi connectivity index (χ4v) is 2.41. The van der Waals surface area contributed by atoms with Crippen LogP contribution in [0.1, 0.15) is 25.6 Å². The zero-order chi connectivity index (χ0) is 13.1. The van der Waals surface area contributed by atoms with Crippen LogP contribution in [0.5, 0.6) is 0 Å². The molecule has 1 atom stereocenters. The van der Waals surface area contributed by atoms with E-state index in [1.807, 2.05) is 4.90 Å².